The lowest BCUT2D eigenvalue weighted by molar-refractivity contribution is -0.384. The molecule has 0 bridgehead atoms. The molecule has 0 aromatic heterocycles. The lowest BCUT2D eigenvalue weighted by atomic mass is 9.96. The summed E-state index contributed by atoms with van der Waals surface area (Å²) in [5.74, 6) is 0. The van der Waals surface area contributed by atoms with Crippen LogP contribution >= 0.6 is 11.6 Å². The highest BCUT2D eigenvalue weighted by molar-refractivity contribution is 6.33. The van der Waals surface area contributed by atoms with Gasteiger partial charge >= 0.3 is 6.09 Å². The zero-order valence-electron chi connectivity index (χ0n) is 13.9. The maximum atomic E-state index is 11.9. The molecular weight excluding hydrogens is 358 g/mol. The van der Waals surface area contributed by atoms with Crippen LogP contribution in [-0.4, -0.2) is 30.7 Å². The Morgan fingerprint density at radius 1 is 1.15 bits per heavy atom. The normalized spacial score (nSPS) is 16.4. The molecule has 8 heteroatoms. The summed E-state index contributed by atoms with van der Waals surface area (Å²) in [7, 11) is 0. The summed E-state index contributed by atoms with van der Waals surface area (Å²) in [5, 5.41) is 11.2. The van der Waals surface area contributed by atoms with Crippen molar-refractivity contribution < 1.29 is 14.5 Å². The number of nitrogens with zero attached hydrogens (tertiary/aromatic N) is 3. The minimum absolute atomic E-state index is 0.0222. The van der Waals surface area contributed by atoms with E-state index in [9.17, 15) is 14.9 Å². The van der Waals surface area contributed by atoms with Gasteiger partial charge in [0.1, 0.15) is 6.61 Å². The largest absolute Gasteiger partial charge is 0.447 e. The Kier molecular flexibility index (Phi) is 4.16. The number of benzene rings is 2. The van der Waals surface area contributed by atoms with Crippen molar-refractivity contribution in [3.8, 4) is 0 Å². The number of anilines is 2. The van der Waals surface area contributed by atoms with Gasteiger partial charge in [0.2, 0.25) is 0 Å². The molecule has 1 fully saturated rings. The van der Waals surface area contributed by atoms with Crippen LogP contribution in [0, 0.1) is 10.1 Å². The average molecular weight is 374 g/mol. The number of halogens is 1. The van der Waals surface area contributed by atoms with Crippen molar-refractivity contribution >= 4 is 34.8 Å². The minimum Gasteiger partial charge on any atom is -0.447 e. The number of cyclic esters (lactones) is 1. The fourth-order valence-electron chi connectivity index (χ4n) is 3.53. The first-order valence-corrected chi connectivity index (χ1v) is 8.66. The number of ether oxygens (including phenoxy) is 1. The van der Waals surface area contributed by atoms with Crippen LogP contribution in [0.3, 0.4) is 0 Å². The van der Waals surface area contributed by atoms with E-state index in [1.165, 1.54) is 12.1 Å². The standard InChI is InChI=1S/C18H16ClN3O4/c19-15-10-13(22(24)25)4-5-17(15)20-7-6-14-12(11-20)2-1-3-16(14)21-8-9-26-18(21)23/h1-5,10H,6-9,11H2. The van der Waals surface area contributed by atoms with Gasteiger partial charge in [0.05, 0.1) is 27.9 Å². The van der Waals surface area contributed by atoms with Crippen molar-refractivity contribution in [3.05, 3.63) is 62.7 Å². The molecule has 7 nitrogen and oxygen atoms in total. The molecule has 0 unspecified atom stereocenters. The van der Waals surface area contributed by atoms with E-state index in [1.807, 2.05) is 18.2 Å². The van der Waals surface area contributed by atoms with Crippen molar-refractivity contribution in [2.24, 2.45) is 0 Å². The predicted octanol–water partition coefficient (Wildman–Crippen LogP) is 3.77. The molecule has 0 spiro atoms. The number of hydrogen-bond acceptors (Lipinski definition) is 5. The van der Waals surface area contributed by atoms with Gasteiger partial charge in [-0.05, 0) is 29.7 Å². The predicted molar refractivity (Wildman–Crippen MR) is 98.0 cm³/mol. The lowest BCUT2D eigenvalue weighted by Crippen LogP contribution is -2.33. The van der Waals surface area contributed by atoms with Crippen LogP contribution in [-0.2, 0) is 17.7 Å². The number of rotatable bonds is 3. The van der Waals surface area contributed by atoms with Crippen LogP contribution < -0.4 is 9.80 Å². The van der Waals surface area contributed by atoms with Gasteiger partial charge < -0.3 is 9.64 Å². The molecule has 0 N–H and O–H groups in total. The number of nitro benzene ring substituents is 1. The second-order valence-electron chi connectivity index (χ2n) is 6.25. The Balaban J connectivity index is 1.63. The van der Waals surface area contributed by atoms with E-state index >= 15 is 0 Å². The summed E-state index contributed by atoms with van der Waals surface area (Å²) in [5.41, 5.74) is 3.91. The van der Waals surface area contributed by atoms with Gasteiger partial charge in [-0.3, -0.25) is 15.0 Å². The Morgan fingerprint density at radius 3 is 2.69 bits per heavy atom. The molecule has 2 aromatic rings. The van der Waals surface area contributed by atoms with E-state index in [-0.39, 0.29) is 11.8 Å². The van der Waals surface area contributed by atoms with Gasteiger partial charge in [-0.2, -0.15) is 0 Å². The lowest BCUT2D eigenvalue weighted by Gasteiger charge is -2.33. The highest BCUT2D eigenvalue weighted by Crippen LogP contribution is 2.36. The number of carbonyl (C=O) groups is 1. The highest BCUT2D eigenvalue weighted by atomic mass is 35.5. The monoisotopic (exact) mass is 373 g/mol. The average Bonchev–Trinajstić information content (AvgIpc) is 3.06. The van der Waals surface area contributed by atoms with Crippen LogP contribution in [0.4, 0.5) is 21.9 Å². The molecule has 0 radical (unpaired) electrons. The highest BCUT2D eigenvalue weighted by Gasteiger charge is 2.29. The molecule has 0 aliphatic carbocycles. The molecule has 4 rings (SSSR count). The Hall–Kier alpha value is -2.80. The van der Waals surface area contributed by atoms with Gasteiger partial charge in [-0.25, -0.2) is 4.79 Å². The van der Waals surface area contributed by atoms with E-state index in [0.29, 0.717) is 31.3 Å². The summed E-state index contributed by atoms with van der Waals surface area (Å²) >= 11 is 6.27. The molecule has 1 amide bonds. The number of fused-ring (bicyclic) bond motifs is 1. The molecule has 134 valence electrons. The van der Waals surface area contributed by atoms with E-state index in [4.69, 9.17) is 16.3 Å². The summed E-state index contributed by atoms with van der Waals surface area (Å²) < 4.78 is 5.05. The second kappa shape index (κ2) is 6.49. The molecule has 0 atom stereocenters. The first-order chi connectivity index (χ1) is 12.5. The van der Waals surface area contributed by atoms with Crippen LogP contribution in [0.5, 0.6) is 0 Å². The topological polar surface area (TPSA) is 75.9 Å². The fraction of sp³-hybridized carbons (Fsp3) is 0.278. The SMILES string of the molecule is O=C1OCCN1c1cccc2c1CCN(c1ccc([N+](=O)[O-])cc1Cl)C2. The van der Waals surface area contributed by atoms with Gasteiger partial charge in [0.25, 0.3) is 5.69 Å². The molecule has 0 saturated carbocycles. The first kappa shape index (κ1) is 16.7. The Labute approximate surface area is 154 Å². The number of nitro groups is 1. The third-order valence-corrected chi connectivity index (χ3v) is 5.08. The number of carbonyl (C=O) groups excluding carboxylic acids is 1. The quantitative estimate of drug-likeness (QED) is 0.604. The van der Waals surface area contributed by atoms with Gasteiger partial charge in [-0.1, -0.05) is 23.7 Å². The van der Waals surface area contributed by atoms with Gasteiger partial charge in [-0.15, -0.1) is 0 Å². The van der Waals surface area contributed by atoms with E-state index in [0.717, 1.165) is 28.9 Å². The zero-order valence-corrected chi connectivity index (χ0v) is 14.6. The Bertz CT molecular complexity index is 902. The molecule has 2 heterocycles. The fourth-order valence-corrected chi connectivity index (χ4v) is 3.82. The van der Waals surface area contributed by atoms with E-state index < -0.39 is 4.92 Å². The molecule has 1 saturated heterocycles. The van der Waals surface area contributed by atoms with Crippen molar-refractivity contribution in [1.29, 1.82) is 0 Å². The van der Waals surface area contributed by atoms with Crippen LogP contribution in [0.2, 0.25) is 5.02 Å². The van der Waals surface area contributed by atoms with Crippen LogP contribution in [0.15, 0.2) is 36.4 Å². The van der Waals surface area contributed by atoms with Crippen LogP contribution in [0.1, 0.15) is 11.1 Å². The summed E-state index contributed by atoms with van der Waals surface area (Å²) in [6.45, 7) is 2.31. The summed E-state index contributed by atoms with van der Waals surface area (Å²) in [4.78, 5) is 26.1. The van der Waals surface area contributed by atoms with Gasteiger partial charge in [0.15, 0.2) is 0 Å². The zero-order chi connectivity index (χ0) is 18.3. The Morgan fingerprint density at radius 2 is 2.00 bits per heavy atom. The summed E-state index contributed by atoms with van der Waals surface area (Å²) in [6.07, 6.45) is 0.446. The molecule has 2 aromatic carbocycles. The molecular formula is C18H16ClN3O4. The minimum atomic E-state index is -0.456. The van der Waals surface area contributed by atoms with Crippen molar-refractivity contribution in [2.75, 3.05) is 29.5 Å². The van der Waals surface area contributed by atoms with Crippen molar-refractivity contribution in [1.82, 2.24) is 0 Å². The molecule has 26 heavy (non-hydrogen) atoms. The van der Waals surface area contributed by atoms with E-state index in [2.05, 4.69) is 4.90 Å². The molecule has 2 aliphatic heterocycles. The number of non-ortho nitro benzene ring substituents is 1. The maximum Gasteiger partial charge on any atom is 0.414 e. The first-order valence-electron chi connectivity index (χ1n) is 8.28. The maximum absolute atomic E-state index is 11.9. The summed E-state index contributed by atoms with van der Waals surface area (Å²) in [6, 6.07) is 10.4. The van der Waals surface area contributed by atoms with Gasteiger partial charge in [0, 0.05) is 25.2 Å². The van der Waals surface area contributed by atoms with Crippen molar-refractivity contribution in [2.45, 2.75) is 13.0 Å². The third kappa shape index (κ3) is 2.84. The van der Waals surface area contributed by atoms with Crippen LogP contribution in [0.25, 0.3) is 0 Å². The third-order valence-electron chi connectivity index (χ3n) is 4.78. The second-order valence-corrected chi connectivity index (χ2v) is 6.65. The number of hydrogen-bond donors (Lipinski definition) is 0. The van der Waals surface area contributed by atoms with E-state index in [1.54, 1.807) is 11.0 Å². The number of amides is 1. The van der Waals surface area contributed by atoms with Crippen molar-refractivity contribution in [3.63, 3.8) is 0 Å². The smallest absolute Gasteiger partial charge is 0.414 e. The molecule has 2 aliphatic rings.